The zero-order valence-electron chi connectivity index (χ0n) is 11.9. The van der Waals surface area contributed by atoms with Gasteiger partial charge in [-0.3, -0.25) is 0 Å². The molecule has 1 aliphatic carbocycles. The molecule has 1 aliphatic rings. The van der Waals surface area contributed by atoms with Gasteiger partial charge in [0, 0.05) is 24.8 Å². The number of nitrogens with one attached hydrogen (secondary N) is 1. The highest BCUT2D eigenvalue weighted by atomic mass is 15.1. The third-order valence-corrected chi connectivity index (χ3v) is 4.81. The highest BCUT2D eigenvalue weighted by Gasteiger charge is 2.64. The van der Waals surface area contributed by atoms with Crippen molar-refractivity contribution in [3.8, 4) is 0 Å². The molecule has 0 unspecified atom stereocenters. The van der Waals surface area contributed by atoms with Crippen LogP contribution in [0.2, 0.25) is 0 Å². The Bertz CT molecular complexity index is 387. The smallest absolute Gasteiger partial charge is 0.0951 e. The third-order valence-electron chi connectivity index (χ3n) is 4.81. The molecule has 0 atom stereocenters. The summed E-state index contributed by atoms with van der Waals surface area (Å²) in [6.45, 7) is 14.6. The fourth-order valence-corrected chi connectivity index (χ4v) is 2.85. The number of nitrogens with zero attached hydrogens (tertiary/aromatic N) is 2. The lowest BCUT2D eigenvalue weighted by atomic mass is 10.0. The average molecular weight is 235 g/mol. The lowest BCUT2D eigenvalue weighted by Gasteiger charge is -2.13. The second-order valence-electron chi connectivity index (χ2n) is 6.64. The van der Waals surface area contributed by atoms with Crippen molar-refractivity contribution in [1.29, 1.82) is 0 Å². The van der Waals surface area contributed by atoms with Crippen LogP contribution in [0.5, 0.6) is 0 Å². The van der Waals surface area contributed by atoms with Crippen molar-refractivity contribution in [3.05, 3.63) is 18.2 Å². The summed E-state index contributed by atoms with van der Waals surface area (Å²) < 4.78 is 2.23. The fourth-order valence-electron chi connectivity index (χ4n) is 2.85. The Morgan fingerprint density at radius 1 is 1.29 bits per heavy atom. The molecule has 1 aromatic rings. The molecule has 1 heterocycles. The predicted molar refractivity (Wildman–Crippen MR) is 70.8 cm³/mol. The maximum atomic E-state index is 4.24. The molecule has 0 saturated heterocycles. The van der Waals surface area contributed by atoms with Gasteiger partial charge in [0.2, 0.25) is 0 Å². The number of imidazole rings is 1. The molecule has 0 aromatic carbocycles. The van der Waals surface area contributed by atoms with E-state index in [2.05, 4.69) is 56.4 Å². The summed E-state index contributed by atoms with van der Waals surface area (Å²) in [4.78, 5) is 4.24. The molecule has 3 nitrogen and oxygen atoms in total. The van der Waals surface area contributed by atoms with Gasteiger partial charge >= 0.3 is 0 Å². The highest BCUT2D eigenvalue weighted by molar-refractivity contribution is 5.18. The predicted octanol–water partition coefficient (Wildman–Crippen LogP) is 2.99. The van der Waals surface area contributed by atoms with Crippen LogP contribution in [-0.2, 0) is 6.54 Å². The van der Waals surface area contributed by atoms with Crippen LogP contribution in [0.25, 0.3) is 0 Å². The van der Waals surface area contributed by atoms with Gasteiger partial charge in [0.15, 0.2) is 0 Å². The van der Waals surface area contributed by atoms with Crippen LogP contribution in [0.3, 0.4) is 0 Å². The topological polar surface area (TPSA) is 29.9 Å². The van der Waals surface area contributed by atoms with E-state index in [1.165, 1.54) is 5.69 Å². The molecule has 1 N–H and O–H groups in total. The van der Waals surface area contributed by atoms with Crippen molar-refractivity contribution in [2.45, 2.75) is 60.2 Å². The van der Waals surface area contributed by atoms with Crippen molar-refractivity contribution in [3.63, 3.8) is 0 Å². The molecule has 0 aliphatic heterocycles. The summed E-state index contributed by atoms with van der Waals surface area (Å²) in [7, 11) is 0. The standard InChI is InChI=1S/C14H25N3/c1-10(2)17-9-15-7-11(17)8-16-12-13(3,4)14(12,5)6/h7,9-10,12,16H,8H2,1-6H3. The first-order valence-electron chi connectivity index (χ1n) is 6.52. The Kier molecular flexibility index (Phi) is 2.85. The first kappa shape index (κ1) is 12.6. The zero-order valence-corrected chi connectivity index (χ0v) is 11.9. The molecule has 0 amide bonds. The summed E-state index contributed by atoms with van der Waals surface area (Å²) in [5, 5.41) is 3.67. The molecule has 2 rings (SSSR count). The van der Waals surface area contributed by atoms with E-state index in [9.17, 15) is 0 Å². The molecule has 17 heavy (non-hydrogen) atoms. The van der Waals surface area contributed by atoms with Crippen LogP contribution >= 0.6 is 0 Å². The van der Waals surface area contributed by atoms with Crippen molar-refractivity contribution in [2.75, 3.05) is 0 Å². The molecule has 0 bridgehead atoms. The van der Waals surface area contributed by atoms with E-state index in [1.807, 2.05) is 12.5 Å². The summed E-state index contributed by atoms with van der Waals surface area (Å²) in [6, 6.07) is 1.08. The molecule has 0 radical (unpaired) electrons. The van der Waals surface area contributed by atoms with Crippen LogP contribution in [-0.4, -0.2) is 15.6 Å². The normalized spacial score (nSPS) is 22.1. The van der Waals surface area contributed by atoms with Crippen molar-refractivity contribution in [1.82, 2.24) is 14.9 Å². The first-order chi connectivity index (χ1) is 7.78. The van der Waals surface area contributed by atoms with E-state index >= 15 is 0 Å². The van der Waals surface area contributed by atoms with E-state index in [4.69, 9.17) is 0 Å². The van der Waals surface area contributed by atoms with Gasteiger partial charge in [-0.2, -0.15) is 0 Å². The van der Waals surface area contributed by atoms with Gasteiger partial charge in [-0.15, -0.1) is 0 Å². The lowest BCUT2D eigenvalue weighted by Crippen LogP contribution is -2.23. The summed E-state index contributed by atoms with van der Waals surface area (Å²) in [6.07, 6.45) is 3.89. The van der Waals surface area contributed by atoms with Crippen molar-refractivity contribution >= 4 is 0 Å². The summed E-state index contributed by atoms with van der Waals surface area (Å²) in [5.41, 5.74) is 2.07. The molecule has 1 saturated carbocycles. The van der Waals surface area contributed by atoms with Crippen molar-refractivity contribution in [2.24, 2.45) is 10.8 Å². The second kappa shape index (κ2) is 3.84. The van der Waals surface area contributed by atoms with Gasteiger partial charge < -0.3 is 9.88 Å². The zero-order chi connectivity index (χ0) is 12.8. The van der Waals surface area contributed by atoms with Gasteiger partial charge in [0.1, 0.15) is 0 Å². The minimum Gasteiger partial charge on any atom is -0.331 e. The minimum atomic E-state index is 0.398. The fraction of sp³-hybridized carbons (Fsp3) is 0.786. The monoisotopic (exact) mass is 235 g/mol. The SMILES string of the molecule is CC(C)n1cncc1CNC1C(C)(C)C1(C)C. The van der Waals surface area contributed by atoms with Gasteiger partial charge in [-0.05, 0) is 24.7 Å². The largest absolute Gasteiger partial charge is 0.331 e. The van der Waals surface area contributed by atoms with E-state index in [-0.39, 0.29) is 0 Å². The Labute approximate surface area is 105 Å². The van der Waals surface area contributed by atoms with E-state index in [0.717, 1.165) is 6.54 Å². The molecule has 96 valence electrons. The number of rotatable bonds is 4. The maximum Gasteiger partial charge on any atom is 0.0951 e. The number of aromatic nitrogens is 2. The van der Waals surface area contributed by atoms with E-state index in [0.29, 0.717) is 22.9 Å². The highest BCUT2D eigenvalue weighted by Crippen LogP contribution is 2.62. The van der Waals surface area contributed by atoms with Gasteiger partial charge in [0.05, 0.1) is 12.0 Å². The van der Waals surface area contributed by atoms with E-state index < -0.39 is 0 Å². The van der Waals surface area contributed by atoms with E-state index in [1.54, 1.807) is 0 Å². The number of hydrogen-bond donors (Lipinski definition) is 1. The van der Waals surface area contributed by atoms with Crippen LogP contribution in [0.1, 0.15) is 53.3 Å². The van der Waals surface area contributed by atoms with Crippen molar-refractivity contribution < 1.29 is 0 Å². The van der Waals surface area contributed by atoms with Crippen LogP contribution in [0.15, 0.2) is 12.5 Å². The van der Waals surface area contributed by atoms with Gasteiger partial charge in [-0.1, -0.05) is 27.7 Å². The van der Waals surface area contributed by atoms with Gasteiger partial charge in [0.25, 0.3) is 0 Å². The number of hydrogen-bond acceptors (Lipinski definition) is 2. The van der Waals surface area contributed by atoms with Gasteiger partial charge in [-0.25, -0.2) is 4.98 Å². The quantitative estimate of drug-likeness (QED) is 0.869. The Hall–Kier alpha value is -0.830. The van der Waals surface area contributed by atoms with Crippen LogP contribution in [0, 0.1) is 10.8 Å². The average Bonchev–Trinajstić information content (AvgIpc) is 2.56. The first-order valence-corrected chi connectivity index (χ1v) is 6.52. The lowest BCUT2D eigenvalue weighted by molar-refractivity contribution is 0.457. The molecule has 1 fully saturated rings. The molecule has 1 aromatic heterocycles. The molecule has 3 heteroatoms. The minimum absolute atomic E-state index is 0.398. The second-order valence-corrected chi connectivity index (χ2v) is 6.64. The summed E-state index contributed by atoms with van der Waals surface area (Å²) in [5.74, 6) is 0. The Morgan fingerprint density at radius 2 is 1.88 bits per heavy atom. The molecular weight excluding hydrogens is 210 g/mol. The Balaban J connectivity index is 1.98. The molecule has 0 spiro atoms. The maximum absolute atomic E-state index is 4.24. The van der Waals surface area contributed by atoms with Crippen LogP contribution < -0.4 is 5.32 Å². The van der Waals surface area contributed by atoms with Crippen LogP contribution in [0.4, 0.5) is 0 Å². The molecular formula is C14H25N3. The Morgan fingerprint density at radius 3 is 2.35 bits per heavy atom. The third kappa shape index (κ3) is 1.90. The summed E-state index contributed by atoms with van der Waals surface area (Å²) >= 11 is 0.